The number of alkyl halides is 2. The Morgan fingerprint density at radius 2 is 1.42 bits per heavy atom. The van der Waals surface area contributed by atoms with E-state index in [-0.39, 0.29) is 117 Å². The van der Waals surface area contributed by atoms with Crippen LogP contribution in [0.15, 0.2) is 60.9 Å². The van der Waals surface area contributed by atoms with Crippen LogP contribution in [0.2, 0.25) is 0 Å². The summed E-state index contributed by atoms with van der Waals surface area (Å²) in [5, 5.41) is 13.0. The monoisotopic (exact) mass is 991 g/mol. The van der Waals surface area contributed by atoms with Crippen LogP contribution in [-0.4, -0.2) is 101 Å². The van der Waals surface area contributed by atoms with Crippen LogP contribution in [0, 0.1) is 54.9 Å². The van der Waals surface area contributed by atoms with Gasteiger partial charge < -0.3 is 20.3 Å². The first-order valence-corrected chi connectivity index (χ1v) is 23.8. The molecule has 4 aliphatic rings. The van der Waals surface area contributed by atoms with E-state index in [0.29, 0.717) is 46.8 Å². The quantitative estimate of drug-likeness (QED) is 0.105. The molecule has 0 bridgehead atoms. The van der Waals surface area contributed by atoms with Gasteiger partial charge in [0.15, 0.2) is 11.6 Å². The summed E-state index contributed by atoms with van der Waals surface area (Å²) in [4.78, 5) is 30.3. The van der Waals surface area contributed by atoms with Crippen LogP contribution in [-0.2, 0) is 0 Å². The Morgan fingerprint density at radius 3 is 2.19 bits per heavy atom. The summed E-state index contributed by atoms with van der Waals surface area (Å²) in [6.45, 7) is 2.55. The Bertz CT molecular complexity index is 3760. The summed E-state index contributed by atoms with van der Waals surface area (Å²) in [6, 6.07) is 10.7. The molecular formula is C55H43F6N9O3. The number of ether oxygens (including phenoxy) is 2. The van der Waals surface area contributed by atoms with Gasteiger partial charge in [0, 0.05) is 71.7 Å². The number of aryl methyl sites for hydroxylation is 1. The molecule has 18 heteroatoms. The van der Waals surface area contributed by atoms with Crippen LogP contribution in [0.3, 0.4) is 0 Å². The number of aromatic hydroxyl groups is 1. The third-order valence-corrected chi connectivity index (χ3v) is 15.5. The predicted molar refractivity (Wildman–Crippen MR) is 262 cm³/mol. The number of nitrogens with zero attached hydrogens (tertiary/aromatic N) is 8. The molecule has 0 amide bonds. The Hall–Kier alpha value is -7.80. The number of fused-ring (bicyclic) bond motifs is 6. The second-order valence-corrected chi connectivity index (χ2v) is 19.6. The molecule has 4 aromatic heterocycles. The maximum absolute atomic E-state index is 17.1. The number of anilines is 1. The molecule has 0 saturated carbocycles. The van der Waals surface area contributed by atoms with Gasteiger partial charge in [-0.25, -0.2) is 26.3 Å². The maximum Gasteiger partial charge on any atom is 0.319 e. The lowest BCUT2D eigenvalue weighted by Crippen LogP contribution is -2.44. The van der Waals surface area contributed by atoms with E-state index in [0.717, 1.165) is 19.4 Å². The molecule has 4 aliphatic heterocycles. The molecule has 0 spiro atoms. The van der Waals surface area contributed by atoms with E-state index >= 15 is 17.6 Å². The number of hydrogen-bond donors (Lipinski definition) is 2. The number of hydrogen-bond acceptors (Lipinski definition) is 12. The van der Waals surface area contributed by atoms with Gasteiger partial charge in [-0.3, -0.25) is 19.8 Å². The van der Waals surface area contributed by atoms with Gasteiger partial charge >= 0.3 is 12.0 Å². The van der Waals surface area contributed by atoms with E-state index in [1.54, 1.807) is 31.2 Å². The highest BCUT2D eigenvalue weighted by Gasteiger charge is 2.54. The zero-order valence-corrected chi connectivity index (χ0v) is 39.1. The summed E-state index contributed by atoms with van der Waals surface area (Å²) >= 11 is 0. The largest absolute Gasteiger partial charge is 0.508 e. The first kappa shape index (κ1) is 46.3. The van der Waals surface area contributed by atoms with Crippen LogP contribution in [0.4, 0.5) is 32.2 Å². The third kappa shape index (κ3) is 7.32. The minimum atomic E-state index is -1.32. The summed E-state index contributed by atoms with van der Waals surface area (Å²) in [7, 11) is 0. The lowest BCUT2D eigenvalue weighted by molar-refractivity contribution is 0.0847. The van der Waals surface area contributed by atoms with Gasteiger partial charge in [0.05, 0.1) is 33.3 Å². The number of aromatic nitrogens is 6. The Kier molecular flexibility index (Phi) is 10.9. The Labute approximate surface area is 413 Å². The van der Waals surface area contributed by atoms with Crippen LogP contribution >= 0.6 is 0 Å². The number of terminal acetylenes is 2. The van der Waals surface area contributed by atoms with Crippen molar-refractivity contribution in [1.82, 2.24) is 39.7 Å². The molecule has 5 atom stereocenters. The molecule has 73 heavy (non-hydrogen) atoms. The molecule has 5 unspecified atom stereocenters. The summed E-state index contributed by atoms with van der Waals surface area (Å²) in [6.07, 6.45) is 14.7. The highest BCUT2D eigenvalue weighted by molar-refractivity contribution is 6.05. The molecule has 8 aromatic rings. The van der Waals surface area contributed by atoms with Gasteiger partial charge in [-0.05, 0) is 79.8 Å². The van der Waals surface area contributed by atoms with Crippen molar-refractivity contribution in [2.75, 3.05) is 38.6 Å². The number of pyridine rings is 2. The van der Waals surface area contributed by atoms with Crippen molar-refractivity contribution in [2.24, 2.45) is 0 Å². The molecule has 8 heterocycles. The number of benzene rings is 4. The SMILES string of the molecule is C#Cc1c(F)ccc2cccc(-c3ncc4c(C)nc(OCC56CCC(c7cc(F)c(C#C)c8c(-c9ncc%10c(N)nc(OCC%11%12CCCN%11CC(F)C%12)nc%10c9F)cc(O)cc78)N5CC(F)C6)nc4c3F)c12. The van der Waals surface area contributed by atoms with Crippen LogP contribution < -0.4 is 15.2 Å². The van der Waals surface area contributed by atoms with E-state index in [1.165, 1.54) is 36.7 Å². The van der Waals surface area contributed by atoms with Crippen molar-refractivity contribution < 1.29 is 40.9 Å². The summed E-state index contributed by atoms with van der Waals surface area (Å²) < 4.78 is 108. The molecule has 3 N–H and O–H groups in total. The zero-order chi connectivity index (χ0) is 50.7. The lowest BCUT2D eigenvalue weighted by atomic mass is 9.89. The smallest absolute Gasteiger partial charge is 0.319 e. The highest BCUT2D eigenvalue weighted by atomic mass is 19.2. The van der Waals surface area contributed by atoms with Crippen molar-refractivity contribution in [3.8, 4) is 65.0 Å². The minimum Gasteiger partial charge on any atom is -0.508 e. The van der Waals surface area contributed by atoms with Gasteiger partial charge in [-0.1, -0.05) is 36.1 Å². The van der Waals surface area contributed by atoms with Crippen LogP contribution in [0.25, 0.3) is 65.9 Å². The van der Waals surface area contributed by atoms with Gasteiger partial charge in [0.1, 0.15) is 71.2 Å². The van der Waals surface area contributed by atoms with Crippen LogP contribution in [0.1, 0.15) is 67.0 Å². The molecule has 12 nitrogen and oxygen atoms in total. The van der Waals surface area contributed by atoms with E-state index in [1.807, 2.05) is 4.90 Å². The Morgan fingerprint density at radius 1 is 0.753 bits per heavy atom. The van der Waals surface area contributed by atoms with Crippen molar-refractivity contribution in [3.05, 3.63) is 107 Å². The van der Waals surface area contributed by atoms with Crippen molar-refractivity contribution in [2.45, 2.75) is 74.9 Å². The van der Waals surface area contributed by atoms with Crippen LogP contribution in [0.5, 0.6) is 17.8 Å². The van der Waals surface area contributed by atoms with E-state index in [9.17, 15) is 13.9 Å². The number of halogens is 6. The molecular weight excluding hydrogens is 949 g/mol. The topological polar surface area (TPSA) is 149 Å². The maximum atomic E-state index is 17.1. The normalized spacial score (nSPS) is 22.8. The average Bonchev–Trinajstić information content (AvgIpc) is 4.10. The fourth-order valence-electron chi connectivity index (χ4n) is 12.2. The number of phenolic OH excluding ortho intramolecular Hbond substituents is 1. The van der Waals surface area contributed by atoms with E-state index < -0.39 is 52.7 Å². The van der Waals surface area contributed by atoms with E-state index in [2.05, 4.69) is 46.6 Å². The average molecular weight is 992 g/mol. The molecule has 4 aromatic carbocycles. The summed E-state index contributed by atoms with van der Waals surface area (Å²) in [5.41, 5.74) is 4.65. The number of phenols is 1. The molecule has 4 saturated heterocycles. The van der Waals surface area contributed by atoms with Gasteiger partial charge in [0.2, 0.25) is 0 Å². The number of nitrogen functional groups attached to an aromatic ring is 1. The highest BCUT2D eigenvalue weighted by Crippen LogP contribution is 2.52. The number of rotatable bonds is 9. The second kappa shape index (κ2) is 17.2. The van der Waals surface area contributed by atoms with E-state index in [4.69, 9.17) is 28.1 Å². The first-order chi connectivity index (χ1) is 35.2. The lowest BCUT2D eigenvalue weighted by Gasteiger charge is -2.34. The molecule has 12 rings (SSSR count). The van der Waals surface area contributed by atoms with Crippen molar-refractivity contribution in [1.29, 1.82) is 0 Å². The van der Waals surface area contributed by atoms with Crippen molar-refractivity contribution >= 4 is 49.2 Å². The summed E-state index contributed by atoms with van der Waals surface area (Å²) in [5.74, 6) is 1.12. The molecule has 0 radical (unpaired) electrons. The molecule has 4 fully saturated rings. The fraction of sp³-hybridized carbons (Fsp3) is 0.309. The second-order valence-electron chi connectivity index (χ2n) is 19.6. The van der Waals surface area contributed by atoms with Gasteiger partial charge in [-0.2, -0.15) is 19.9 Å². The van der Waals surface area contributed by atoms with Crippen molar-refractivity contribution in [3.63, 3.8) is 0 Å². The predicted octanol–water partition coefficient (Wildman–Crippen LogP) is 9.77. The molecule has 0 aliphatic carbocycles. The minimum absolute atomic E-state index is 0.0333. The molecule has 368 valence electrons. The van der Waals surface area contributed by atoms with Gasteiger partial charge in [-0.15, -0.1) is 12.8 Å². The number of nitrogens with two attached hydrogens (primary N) is 1. The standard InChI is InChI=1S/C55H43F6N9O3/c1-4-32-40(58)11-10-28-8-6-9-34(43(28)32)47-45(60)49-38(21-63-47)27(3)65-52(66-49)73-26-55-14-12-42(70(55)24-30(57)20-55)35-18-41(59)33(5-2)44-36(35)16-31(71)17-37(44)48-46(61)50-39(22-64-48)51(62)68-53(67-50)72-25-54-13-7-15-69(54)23-29(56)19-54/h1-2,6,8-11,16-18,21-22,29-30,42,71H,7,12-15,19-20,23-26H2,3H3,(H2,62,67,68). The Balaban J connectivity index is 0.883. The third-order valence-electron chi connectivity index (χ3n) is 15.5. The fourth-order valence-corrected chi connectivity index (χ4v) is 12.2. The first-order valence-electron chi connectivity index (χ1n) is 23.8. The van der Waals surface area contributed by atoms with Gasteiger partial charge in [0.25, 0.3) is 0 Å². The zero-order valence-electron chi connectivity index (χ0n) is 39.1.